The maximum atomic E-state index is 12.9. The van der Waals surface area contributed by atoms with Gasteiger partial charge >= 0.3 is 5.97 Å². The summed E-state index contributed by atoms with van der Waals surface area (Å²) in [6.45, 7) is 2.20. The highest BCUT2D eigenvalue weighted by molar-refractivity contribution is 7.92. The average molecular weight is 505 g/mol. The van der Waals surface area contributed by atoms with Crippen LogP contribution in [0.1, 0.15) is 76.4 Å². The molecule has 0 fully saturated rings. The van der Waals surface area contributed by atoms with Crippen molar-refractivity contribution in [1.29, 1.82) is 0 Å². The van der Waals surface area contributed by atoms with Gasteiger partial charge in [0.15, 0.2) is 15.7 Å². The zero-order valence-electron chi connectivity index (χ0n) is 20.2. The van der Waals surface area contributed by atoms with E-state index in [-0.39, 0.29) is 0 Å². The number of nitrogens with zero attached hydrogens (tertiary/aromatic N) is 3. The van der Waals surface area contributed by atoms with Gasteiger partial charge in [-0.3, -0.25) is 4.79 Å². The van der Waals surface area contributed by atoms with E-state index in [0.29, 0.717) is 17.0 Å². The Morgan fingerprint density at radius 3 is 2.54 bits per heavy atom. The van der Waals surface area contributed by atoms with Crippen LogP contribution in [0.3, 0.4) is 0 Å². The van der Waals surface area contributed by atoms with E-state index in [4.69, 9.17) is 5.11 Å². The number of carboxylic acid groups (broad SMARTS) is 1. The van der Waals surface area contributed by atoms with E-state index in [0.717, 1.165) is 12.8 Å². The Labute approximate surface area is 207 Å². The molecule has 2 aromatic rings. The molecule has 192 valence electrons. The number of sulfone groups is 1. The SMILES string of the molecule is CCCCCCCCC/C=C/C=C/C(C(O)c1cccc(-c2nnn[nH]2)c1)S(=O)(=O)CCC(=O)O. The van der Waals surface area contributed by atoms with E-state index in [1.807, 2.05) is 6.08 Å². The van der Waals surface area contributed by atoms with Crippen LogP contribution in [0, 0.1) is 0 Å². The lowest BCUT2D eigenvalue weighted by atomic mass is 10.0. The lowest BCUT2D eigenvalue weighted by Gasteiger charge is -2.21. The first kappa shape index (κ1) is 28.4. The number of nitrogens with one attached hydrogen (secondary N) is 1. The summed E-state index contributed by atoms with van der Waals surface area (Å²) in [6.07, 6.45) is 14.3. The number of hydrogen-bond acceptors (Lipinski definition) is 7. The van der Waals surface area contributed by atoms with Gasteiger partial charge in [-0.15, -0.1) is 5.10 Å². The van der Waals surface area contributed by atoms with Crippen LogP contribution < -0.4 is 0 Å². The number of hydrogen-bond donors (Lipinski definition) is 3. The van der Waals surface area contributed by atoms with Gasteiger partial charge in [-0.1, -0.05) is 88.0 Å². The number of benzene rings is 1. The van der Waals surface area contributed by atoms with E-state index >= 15 is 0 Å². The Bertz CT molecular complexity index is 1050. The number of rotatable bonds is 17. The second-order valence-corrected chi connectivity index (χ2v) is 10.8. The maximum absolute atomic E-state index is 12.9. The van der Waals surface area contributed by atoms with E-state index < -0.39 is 39.3 Å². The third-order valence-corrected chi connectivity index (χ3v) is 7.71. The number of carbonyl (C=O) groups is 1. The molecule has 1 aromatic heterocycles. The number of aromatic nitrogens is 4. The smallest absolute Gasteiger partial charge is 0.304 e. The maximum Gasteiger partial charge on any atom is 0.304 e. The van der Waals surface area contributed by atoms with Gasteiger partial charge in [0.2, 0.25) is 0 Å². The highest BCUT2D eigenvalue weighted by Crippen LogP contribution is 2.27. The Hall–Kier alpha value is -2.85. The molecule has 0 aliphatic carbocycles. The van der Waals surface area contributed by atoms with Crippen LogP contribution in [0.4, 0.5) is 0 Å². The van der Waals surface area contributed by atoms with Crippen LogP contribution in [-0.4, -0.2) is 56.2 Å². The summed E-state index contributed by atoms with van der Waals surface area (Å²) in [5.74, 6) is -1.39. The summed E-state index contributed by atoms with van der Waals surface area (Å²) < 4.78 is 25.9. The molecule has 0 spiro atoms. The molecule has 10 heteroatoms. The van der Waals surface area contributed by atoms with Crippen molar-refractivity contribution in [3.8, 4) is 11.4 Å². The first-order chi connectivity index (χ1) is 16.8. The number of tetrazole rings is 1. The minimum atomic E-state index is -3.94. The minimum Gasteiger partial charge on any atom is -0.481 e. The molecule has 35 heavy (non-hydrogen) atoms. The van der Waals surface area contributed by atoms with Gasteiger partial charge in [-0.05, 0) is 34.9 Å². The highest BCUT2D eigenvalue weighted by Gasteiger charge is 2.31. The number of aromatic amines is 1. The van der Waals surface area contributed by atoms with Gasteiger partial charge in [-0.25, -0.2) is 13.5 Å². The first-order valence-corrected chi connectivity index (χ1v) is 13.9. The number of aliphatic hydroxyl groups is 1. The molecule has 0 saturated heterocycles. The lowest BCUT2D eigenvalue weighted by Crippen LogP contribution is -2.29. The number of H-pyrrole nitrogens is 1. The van der Waals surface area contributed by atoms with Crippen LogP contribution in [-0.2, 0) is 14.6 Å². The summed E-state index contributed by atoms with van der Waals surface area (Å²) in [7, 11) is -3.94. The van der Waals surface area contributed by atoms with Gasteiger partial charge in [0, 0.05) is 5.56 Å². The van der Waals surface area contributed by atoms with Gasteiger partial charge < -0.3 is 10.2 Å². The predicted octanol–water partition coefficient (Wildman–Crippen LogP) is 4.41. The van der Waals surface area contributed by atoms with E-state index in [2.05, 4.69) is 27.5 Å². The van der Waals surface area contributed by atoms with Crippen LogP contribution in [0.15, 0.2) is 48.6 Å². The lowest BCUT2D eigenvalue weighted by molar-refractivity contribution is -0.136. The Morgan fingerprint density at radius 2 is 1.86 bits per heavy atom. The second-order valence-electron chi connectivity index (χ2n) is 8.52. The van der Waals surface area contributed by atoms with Crippen molar-refractivity contribution in [1.82, 2.24) is 20.6 Å². The van der Waals surface area contributed by atoms with E-state index in [1.54, 1.807) is 36.4 Å². The monoisotopic (exact) mass is 504 g/mol. The summed E-state index contributed by atoms with van der Waals surface area (Å²) in [5.41, 5.74) is 0.950. The molecule has 2 rings (SSSR count). The fourth-order valence-electron chi connectivity index (χ4n) is 3.70. The Balaban J connectivity index is 2.07. The summed E-state index contributed by atoms with van der Waals surface area (Å²) in [4.78, 5) is 11.0. The summed E-state index contributed by atoms with van der Waals surface area (Å²) >= 11 is 0. The fraction of sp³-hybridized carbons (Fsp3) is 0.520. The molecule has 0 aliphatic rings. The molecule has 0 aliphatic heterocycles. The van der Waals surface area contributed by atoms with Crippen LogP contribution >= 0.6 is 0 Å². The molecule has 9 nitrogen and oxygen atoms in total. The molecular weight excluding hydrogens is 468 g/mol. The van der Waals surface area contributed by atoms with Crippen molar-refractivity contribution in [2.45, 2.75) is 76.1 Å². The molecule has 2 unspecified atom stereocenters. The number of aliphatic carboxylic acids is 1. The average Bonchev–Trinajstić information content (AvgIpc) is 3.38. The van der Waals surface area contributed by atoms with Gasteiger partial charge in [0.05, 0.1) is 18.3 Å². The number of allylic oxidation sites excluding steroid dienone is 3. The fourth-order valence-corrected chi connectivity index (χ4v) is 5.31. The van der Waals surface area contributed by atoms with Crippen LogP contribution in [0.2, 0.25) is 0 Å². The molecule has 0 amide bonds. The van der Waals surface area contributed by atoms with Crippen LogP contribution in [0.25, 0.3) is 11.4 Å². The number of aliphatic hydroxyl groups excluding tert-OH is 1. The van der Waals surface area contributed by atoms with Crippen molar-refractivity contribution in [2.75, 3.05) is 5.75 Å². The summed E-state index contributed by atoms with van der Waals surface area (Å²) in [6, 6.07) is 6.62. The third-order valence-electron chi connectivity index (χ3n) is 5.70. The van der Waals surface area contributed by atoms with Crippen molar-refractivity contribution in [3.63, 3.8) is 0 Å². The normalized spacial score (nSPS) is 14.0. The Kier molecular flexibility index (Phi) is 12.3. The molecule has 1 aromatic carbocycles. The van der Waals surface area contributed by atoms with E-state index in [1.165, 1.54) is 44.6 Å². The Morgan fingerprint density at radius 1 is 1.11 bits per heavy atom. The molecule has 2 atom stereocenters. The zero-order valence-corrected chi connectivity index (χ0v) is 21.0. The number of carboxylic acids is 1. The zero-order chi connectivity index (χ0) is 25.5. The van der Waals surface area contributed by atoms with Crippen molar-refractivity contribution >= 4 is 15.8 Å². The first-order valence-electron chi connectivity index (χ1n) is 12.1. The minimum absolute atomic E-state index is 0.361. The topological polar surface area (TPSA) is 146 Å². The highest BCUT2D eigenvalue weighted by atomic mass is 32.2. The molecule has 0 bridgehead atoms. The van der Waals surface area contributed by atoms with Crippen molar-refractivity contribution in [3.05, 3.63) is 54.1 Å². The van der Waals surface area contributed by atoms with Crippen LogP contribution in [0.5, 0.6) is 0 Å². The van der Waals surface area contributed by atoms with Gasteiger partial charge in [0.25, 0.3) is 0 Å². The van der Waals surface area contributed by atoms with Crippen molar-refractivity contribution in [2.24, 2.45) is 0 Å². The molecule has 3 N–H and O–H groups in total. The third kappa shape index (κ3) is 10.1. The summed E-state index contributed by atoms with van der Waals surface area (Å²) in [5, 5.41) is 32.2. The molecule has 1 heterocycles. The van der Waals surface area contributed by atoms with Gasteiger partial charge in [0.1, 0.15) is 5.25 Å². The standard InChI is InChI=1S/C25H36N4O5S/c1-2-3-4-5-6-7-8-9-10-11-12-16-22(35(33,34)18-17-23(30)31)24(32)20-14-13-15-21(19-20)25-26-28-29-27-25/h10-16,19,22,24,32H,2-9,17-18H2,1H3,(H,30,31)(H,26,27,28,29)/b11-10+,16-12+. The van der Waals surface area contributed by atoms with E-state index in [9.17, 15) is 18.3 Å². The number of unbranched alkanes of at least 4 members (excludes halogenated alkanes) is 7. The molecule has 0 saturated carbocycles. The predicted molar refractivity (Wildman–Crippen MR) is 135 cm³/mol. The van der Waals surface area contributed by atoms with Gasteiger partial charge in [-0.2, -0.15) is 0 Å². The second kappa shape index (κ2) is 15.2. The quantitative estimate of drug-likeness (QED) is 0.212. The molecule has 0 radical (unpaired) electrons. The van der Waals surface area contributed by atoms with Crippen molar-refractivity contribution < 1.29 is 23.4 Å². The molecular formula is C25H36N4O5S. The largest absolute Gasteiger partial charge is 0.481 e.